The van der Waals surface area contributed by atoms with E-state index in [4.69, 9.17) is 4.74 Å². The third-order valence-corrected chi connectivity index (χ3v) is 7.07. The molecule has 3 heterocycles. The number of aromatic nitrogens is 5. The van der Waals surface area contributed by atoms with E-state index >= 15 is 0 Å². The van der Waals surface area contributed by atoms with Gasteiger partial charge in [0.25, 0.3) is 5.88 Å². The molecule has 4 aromatic rings. The lowest BCUT2D eigenvalue weighted by Crippen LogP contribution is -2.56. The molecule has 7 rings (SSSR count). The summed E-state index contributed by atoms with van der Waals surface area (Å²) in [5.74, 6) is 0.870. The Morgan fingerprint density at radius 2 is 2.06 bits per heavy atom. The lowest BCUT2D eigenvalue weighted by atomic mass is 9.43. The van der Waals surface area contributed by atoms with Crippen molar-refractivity contribution < 1.29 is 9.53 Å². The van der Waals surface area contributed by atoms with Crippen LogP contribution in [-0.2, 0) is 17.3 Å². The van der Waals surface area contributed by atoms with Crippen molar-refractivity contribution in [1.29, 1.82) is 0 Å². The number of ether oxygens (including phenoxy) is 1. The van der Waals surface area contributed by atoms with Gasteiger partial charge in [0.1, 0.15) is 5.69 Å². The molecular formula is C25H25N7O3. The molecule has 0 radical (unpaired) electrons. The Bertz CT molecular complexity index is 1540. The van der Waals surface area contributed by atoms with Crippen molar-refractivity contribution in [2.24, 2.45) is 13.0 Å². The summed E-state index contributed by atoms with van der Waals surface area (Å²) in [5, 5.41) is 10.4. The highest BCUT2D eigenvalue weighted by Gasteiger charge is 2.59. The molecule has 3 aromatic heterocycles. The second kappa shape index (κ2) is 7.59. The molecule has 3 fully saturated rings. The molecule has 3 aliphatic carbocycles. The Morgan fingerprint density at radius 1 is 1.26 bits per heavy atom. The average molecular weight is 472 g/mol. The zero-order valence-corrected chi connectivity index (χ0v) is 19.5. The number of rotatable bonds is 7. The van der Waals surface area contributed by atoms with Crippen molar-refractivity contribution >= 4 is 28.6 Å². The Morgan fingerprint density at radius 3 is 2.74 bits per heavy atom. The van der Waals surface area contributed by atoms with Gasteiger partial charge in [-0.25, -0.2) is 14.2 Å². The van der Waals surface area contributed by atoms with Crippen molar-refractivity contribution in [3.63, 3.8) is 0 Å². The average Bonchev–Trinajstić information content (AvgIpc) is 3.37. The van der Waals surface area contributed by atoms with E-state index in [1.165, 1.54) is 6.08 Å². The Labute approximate surface area is 200 Å². The first-order chi connectivity index (χ1) is 16.9. The number of anilines is 3. The summed E-state index contributed by atoms with van der Waals surface area (Å²) in [4.78, 5) is 30.3. The highest BCUT2D eigenvalue weighted by molar-refractivity contribution is 5.99. The van der Waals surface area contributed by atoms with Crippen LogP contribution in [0.4, 0.5) is 17.1 Å². The van der Waals surface area contributed by atoms with Crippen LogP contribution in [0.25, 0.3) is 11.3 Å². The number of nitrogens with one attached hydrogen (secondary N) is 2. The van der Waals surface area contributed by atoms with E-state index in [0.29, 0.717) is 34.3 Å². The fourth-order valence-electron chi connectivity index (χ4n) is 5.30. The molecule has 2 bridgehead atoms. The first-order valence-electron chi connectivity index (χ1n) is 11.4. The summed E-state index contributed by atoms with van der Waals surface area (Å²) >= 11 is 0. The van der Waals surface area contributed by atoms with E-state index < -0.39 is 0 Å². The molecule has 0 saturated heterocycles. The fraction of sp³-hybridized carbons (Fsp3) is 0.280. The standard InChI is InChI=1S/C25H25N7O3/c1-4-21(33)27-16-6-5-7-17(8-16)31-14-18(28-19-13-30(2)29-23(19)35-3)22-26-12-20(32(22)24(31)34)25-9-15(10-25)11-25/h4-8,12-15,28H,1,9-11H2,2-3H3,(H,27,33). The summed E-state index contributed by atoms with van der Waals surface area (Å²) in [6.07, 6.45) is 9.85. The SMILES string of the molecule is C=CC(=O)Nc1cccc(-n2cc(Nc3cn(C)nc3OC)c3ncc(C45CC(C4)C5)n3c2=O)c1. The number of hydrogen-bond acceptors (Lipinski definition) is 6. The summed E-state index contributed by atoms with van der Waals surface area (Å²) in [6.45, 7) is 3.49. The zero-order chi connectivity index (χ0) is 24.3. The van der Waals surface area contributed by atoms with Gasteiger partial charge in [-0.2, -0.15) is 0 Å². The topological polar surface area (TPSA) is 107 Å². The Kier molecular flexibility index (Phi) is 4.60. The Balaban J connectivity index is 1.53. The van der Waals surface area contributed by atoms with Crippen LogP contribution in [0.1, 0.15) is 25.0 Å². The lowest BCUT2D eigenvalue weighted by molar-refractivity contribution is -0.111. The minimum atomic E-state index is -0.323. The Hall–Kier alpha value is -4.34. The predicted octanol–water partition coefficient (Wildman–Crippen LogP) is 3.15. The lowest BCUT2D eigenvalue weighted by Gasteiger charge is -2.61. The molecule has 0 unspecified atom stereocenters. The van der Waals surface area contributed by atoms with Gasteiger partial charge in [-0.05, 0) is 49.5 Å². The highest BCUT2D eigenvalue weighted by atomic mass is 16.5. The number of amides is 1. The zero-order valence-electron chi connectivity index (χ0n) is 19.5. The molecule has 3 aliphatic rings. The molecule has 10 heteroatoms. The number of aryl methyl sites for hydroxylation is 1. The van der Waals surface area contributed by atoms with Crippen LogP contribution in [0.2, 0.25) is 0 Å². The summed E-state index contributed by atoms with van der Waals surface area (Å²) in [5.41, 5.74) is 3.78. The minimum Gasteiger partial charge on any atom is -0.478 e. The number of methoxy groups -OCH3 is 1. The smallest absolute Gasteiger partial charge is 0.338 e. The third kappa shape index (κ3) is 3.24. The van der Waals surface area contributed by atoms with E-state index in [1.54, 1.807) is 51.4 Å². The fourth-order valence-corrected chi connectivity index (χ4v) is 5.30. The number of carbonyl (C=O) groups excluding carboxylic acids is 1. The number of nitrogens with zero attached hydrogens (tertiary/aromatic N) is 5. The van der Waals surface area contributed by atoms with Gasteiger partial charge in [0, 0.05) is 24.3 Å². The third-order valence-electron chi connectivity index (χ3n) is 7.07. The molecule has 10 nitrogen and oxygen atoms in total. The van der Waals surface area contributed by atoms with Gasteiger partial charge < -0.3 is 15.4 Å². The van der Waals surface area contributed by atoms with Gasteiger partial charge in [0.2, 0.25) is 5.91 Å². The van der Waals surface area contributed by atoms with Crippen molar-refractivity contribution in [3.8, 4) is 11.6 Å². The summed E-state index contributed by atoms with van der Waals surface area (Å²) in [6, 6.07) is 7.13. The number of imidazole rings is 1. The largest absolute Gasteiger partial charge is 0.478 e. The highest BCUT2D eigenvalue weighted by Crippen LogP contribution is 2.65. The molecular weight excluding hydrogens is 446 g/mol. The first kappa shape index (κ1) is 21.2. The predicted molar refractivity (Wildman–Crippen MR) is 132 cm³/mol. The van der Waals surface area contributed by atoms with Gasteiger partial charge in [-0.1, -0.05) is 12.6 Å². The second-order valence-corrected chi connectivity index (χ2v) is 9.35. The summed E-state index contributed by atoms with van der Waals surface area (Å²) < 4.78 is 10.3. The van der Waals surface area contributed by atoms with Crippen LogP contribution in [0.15, 0.2) is 60.3 Å². The van der Waals surface area contributed by atoms with E-state index in [0.717, 1.165) is 30.9 Å². The molecule has 3 saturated carbocycles. The van der Waals surface area contributed by atoms with Crippen molar-refractivity contribution in [1.82, 2.24) is 23.7 Å². The maximum atomic E-state index is 13.8. The van der Waals surface area contributed by atoms with E-state index in [9.17, 15) is 9.59 Å². The monoisotopic (exact) mass is 471 g/mol. The van der Waals surface area contributed by atoms with Gasteiger partial charge in [0.05, 0.1) is 36.6 Å². The number of hydrogen-bond donors (Lipinski definition) is 2. The van der Waals surface area contributed by atoms with Crippen LogP contribution >= 0.6 is 0 Å². The van der Waals surface area contributed by atoms with Crippen molar-refractivity contribution in [3.05, 3.63) is 71.7 Å². The normalized spacial score (nSPS) is 20.1. The van der Waals surface area contributed by atoms with Crippen LogP contribution in [-0.4, -0.2) is 36.7 Å². The van der Waals surface area contributed by atoms with Crippen LogP contribution in [0.3, 0.4) is 0 Å². The molecule has 2 N–H and O–H groups in total. The molecule has 0 spiro atoms. The van der Waals surface area contributed by atoms with Gasteiger partial charge in [-0.15, -0.1) is 5.10 Å². The van der Waals surface area contributed by atoms with Crippen LogP contribution in [0.5, 0.6) is 5.88 Å². The first-order valence-corrected chi connectivity index (χ1v) is 11.4. The van der Waals surface area contributed by atoms with Gasteiger partial charge >= 0.3 is 5.69 Å². The van der Waals surface area contributed by atoms with Crippen LogP contribution in [0, 0.1) is 5.92 Å². The van der Waals surface area contributed by atoms with Crippen molar-refractivity contribution in [2.75, 3.05) is 17.7 Å². The van der Waals surface area contributed by atoms with Crippen molar-refractivity contribution in [2.45, 2.75) is 24.7 Å². The molecule has 1 amide bonds. The van der Waals surface area contributed by atoms with E-state index in [2.05, 4.69) is 27.3 Å². The maximum Gasteiger partial charge on any atom is 0.338 e. The van der Waals surface area contributed by atoms with Gasteiger partial charge in [-0.3, -0.25) is 14.0 Å². The number of benzene rings is 1. The van der Waals surface area contributed by atoms with E-state index in [1.807, 2.05) is 19.3 Å². The van der Waals surface area contributed by atoms with Crippen LogP contribution < -0.4 is 21.1 Å². The van der Waals surface area contributed by atoms with Gasteiger partial charge in [0.15, 0.2) is 5.65 Å². The molecule has 0 atom stereocenters. The molecule has 1 aromatic carbocycles. The molecule has 0 aliphatic heterocycles. The molecule has 178 valence electrons. The summed E-state index contributed by atoms with van der Waals surface area (Å²) in [7, 11) is 3.37. The second-order valence-electron chi connectivity index (χ2n) is 9.35. The minimum absolute atomic E-state index is 0.0332. The molecule has 35 heavy (non-hydrogen) atoms. The van der Waals surface area contributed by atoms with E-state index in [-0.39, 0.29) is 17.0 Å². The number of fused-ring (bicyclic) bond motifs is 1. The number of carbonyl (C=O) groups is 1. The quantitative estimate of drug-likeness (QED) is 0.401. The maximum absolute atomic E-state index is 13.8.